The summed E-state index contributed by atoms with van der Waals surface area (Å²) in [6, 6.07) is 3.12. The van der Waals surface area contributed by atoms with E-state index >= 15 is 0 Å². The number of hydrogen-bond donors (Lipinski definition) is 1. The zero-order valence-corrected chi connectivity index (χ0v) is 13.9. The third-order valence-electron chi connectivity index (χ3n) is 3.06. The molecule has 0 unspecified atom stereocenters. The van der Waals surface area contributed by atoms with Crippen molar-refractivity contribution in [3.8, 4) is 17.2 Å². The van der Waals surface area contributed by atoms with E-state index in [9.17, 15) is 9.59 Å². The van der Waals surface area contributed by atoms with E-state index in [4.69, 9.17) is 18.9 Å². The maximum atomic E-state index is 12.0. The highest BCUT2D eigenvalue weighted by Gasteiger charge is 2.16. The molecule has 0 bridgehead atoms. The summed E-state index contributed by atoms with van der Waals surface area (Å²) in [6.07, 6.45) is 4.03. The fourth-order valence-corrected chi connectivity index (χ4v) is 1.96. The lowest BCUT2D eigenvalue weighted by Crippen LogP contribution is -2.21. The predicted octanol–water partition coefficient (Wildman–Crippen LogP) is 1.30. The Bertz CT molecular complexity index is 726. The van der Waals surface area contributed by atoms with E-state index in [1.165, 1.54) is 39.9 Å². The minimum absolute atomic E-state index is 0.0167. The fraction of sp³-hybridized carbons (Fsp3) is 0.250. The largest absolute Gasteiger partial charge is 0.493 e. The molecule has 0 spiro atoms. The Morgan fingerprint density at radius 1 is 1.04 bits per heavy atom. The number of esters is 1. The second-order valence-electron chi connectivity index (χ2n) is 4.63. The van der Waals surface area contributed by atoms with Gasteiger partial charge in [-0.15, -0.1) is 0 Å². The number of hydrogen-bond acceptors (Lipinski definition) is 8. The number of nitrogens with one attached hydrogen (secondary N) is 1. The minimum Gasteiger partial charge on any atom is -0.493 e. The molecule has 0 saturated carbocycles. The molecule has 0 fully saturated rings. The average molecular weight is 347 g/mol. The summed E-state index contributed by atoms with van der Waals surface area (Å²) >= 11 is 0. The molecule has 1 heterocycles. The van der Waals surface area contributed by atoms with Crippen molar-refractivity contribution in [2.75, 3.05) is 33.3 Å². The van der Waals surface area contributed by atoms with Crippen molar-refractivity contribution in [3.63, 3.8) is 0 Å². The zero-order chi connectivity index (χ0) is 18.2. The van der Waals surface area contributed by atoms with Crippen molar-refractivity contribution in [3.05, 3.63) is 36.4 Å². The van der Waals surface area contributed by atoms with Gasteiger partial charge >= 0.3 is 5.97 Å². The van der Waals surface area contributed by atoms with E-state index in [2.05, 4.69) is 15.3 Å². The quantitative estimate of drug-likeness (QED) is 0.747. The molecule has 0 atom stereocenters. The van der Waals surface area contributed by atoms with Crippen molar-refractivity contribution in [1.82, 2.24) is 9.97 Å². The number of ether oxygens (including phenoxy) is 4. The zero-order valence-electron chi connectivity index (χ0n) is 13.9. The third kappa shape index (κ3) is 4.56. The molecule has 25 heavy (non-hydrogen) atoms. The van der Waals surface area contributed by atoms with Crippen LogP contribution in [-0.2, 0) is 9.53 Å². The number of amides is 1. The van der Waals surface area contributed by atoms with Gasteiger partial charge in [0.25, 0.3) is 5.91 Å². The molecule has 1 aromatic heterocycles. The summed E-state index contributed by atoms with van der Waals surface area (Å²) in [7, 11) is 4.40. The molecule has 1 aromatic carbocycles. The highest BCUT2D eigenvalue weighted by Crippen LogP contribution is 2.39. The summed E-state index contributed by atoms with van der Waals surface area (Å²) in [5, 5.41) is 2.58. The SMILES string of the molecule is COc1cc(NC(=O)COC(=O)c2cnccn2)cc(OC)c1OC. The fourth-order valence-electron chi connectivity index (χ4n) is 1.96. The first-order valence-corrected chi connectivity index (χ1v) is 7.12. The Morgan fingerprint density at radius 3 is 2.24 bits per heavy atom. The van der Waals surface area contributed by atoms with Gasteiger partial charge in [0, 0.05) is 30.2 Å². The van der Waals surface area contributed by atoms with E-state index < -0.39 is 18.5 Å². The Balaban J connectivity index is 2.02. The number of aromatic nitrogens is 2. The van der Waals surface area contributed by atoms with Gasteiger partial charge in [0.2, 0.25) is 5.75 Å². The summed E-state index contributed by atoms with van der Waals surface area (Å²) in [4.78, 5) is 31.2. The Labute approximate surface area is 143 Å². The van der Waals surface area contributed by atoms with Gasteiger partial charge in [-0.2, -0.15) is 0 Å². The summed E-state index contributed by atoms with van der Waals surface area (Å²) in [5.74, 6) is -0.112. The minimum atomic E-state index is -0.742. The second-order valence-corrected chi connectivity index (χ2v) is 4.63. The van der Waals surface area contributed by atoms with Crippen LogP contribution < -0.4 is 19.5 Å². The lowest BCUT2D eigenvalue weighted by molar-refractivity contribution is -0.119. The lowest BCUT2D eigenvalue weighted by Gasteiger charge is -2.14. The standard InChI is InChI=1S/C16H17N3O6/c1-22-12-6-10(7-13(23-2)15(12)24-3)19-14(20)9-25-16(21)11-8-17-4-5-18-11/h4-8H,9H2,1-3H3,(H,19,20). The van der Waals surface area contributed by atoms with E-state index in [0.717, 1.165) is 0 Å². The number of benzene rings is 1. The number of carbonyl (C=O) groups is 2. The van der Waals surface area contributed by atoms with Crippen molar-refractivity contribution >= 4 is 17.6 Å². The van der Waals surface area contributed by atoms with Gasteiger partial charge in [0.1, 0.15) is 0 Å². The van der Waals surface area contributed by atoms with Crippen LogP contribution in [0.3, 0.4) is 0 Å². The summed E-state index contributed by atoms with van der Waals surface area (Å²) in [5.41, 5.74) is 0.415. The molecule has 0 aliphatic rings. The van der Waals surface area contributed by atoms with E-state index in [1.54, 1.807) is 12.1 Å². The number of rotatable bonds is 7. The first-order valence-electron chi connectivity index (χ1n) is 7.12. The number of nitrogens with zero attached hydrogens (tertiary/aromatic N) is 2. The monoisotopic (exact) mass is 347 g/mol. The average Bonchev–Trinajstić information content (AvgIpc) is 2.65. The van der Waals surface area contributed by atoms with Crippen molar-refractivity contribution in [2.24, 2.45) is 0 Å². The maximum absolute atomic E-state index is 12.0. The van der Waals surface area contributed by atoms with Gasteiger partial charge in [-0.1, -0.05) is 0 Å². The predicted molar refractivity (Wildman–Crippen MR) is 87.0 cm³/mol. The molecule has 1 N–H and O–H groups in total. The molecule has 0 saturated heterocycles. The molecule has 2 aromatic rings. The normalized spacial score (nSPS) is 9.88. The van der Waals surface area contributed by atoms with Crippen molar-refractivity contribution < 1.29 is 28.5 Å². The van der Waals surface area contributed by atoms with Crippen LogP contribution in [0.1, 0.15) is 10.5 Å². The smallest absolute Gasteiger partial charge is 0.359 e. The van der Waals surface area contributed by atoms with Crippen LogP contribution in [0.5, 0.6) is 17.2 Å². The van der Waals surface area contributed by atoms with E-state index in [0.29, 0.717) is 22.9 Å². The van der Waals surface area contributed by atoms with Gasteiger partial charge in [0.15, 0.2) is 23.8 Å². The first-order chi connectivity index (χ1) is 12.1. The van der Waals surface area contributed by atoms with Crippen LogP contribution in [0.4, 0.5) is 5.69 Å². The molecule has 2 rings (SSSR count). The highest BCUT2D eigenvalue weighted by atomic mass is 16.5. The highest BCUT2D eigenvalue weighted by molar-refractivity contribution is 5.95. The summed E-state index contributed by atoms with van der Waals surface area (Å²) in [6.45, 7) is -0.480. The van der Waals surface area contributed by atoms with Gasteiger partial charge in [-0.3, -0.25) is 9.78 Å². The molecular weight excluding hydrogens is 330 g/mol. The number of anilines is 1. The second kappa shape index (κ2) is 8.48. The summed E-state index contributed by atoms with van der Waals surface area (Å²) < 4.78 is 20.5. The Hall–Kier alpha value is -3.36. The molecule has 0 radical (unpaired) electrons. The maximum Gasteiger partial charge on any atom is 0.359 e. The molecule has 9 nitrogen and oxygen atoms in total. The van der Waals surface area contributed by atoms with E-state index in [-0.39, 0.29) is 5.69 Å². The third-order valence-corrected chi connectivity index (χ3v) is 3.06. The van der Waals surface area contributed by atoms with E-state index in [1.807, 2.05) is 0 Å². The topological polar surface area (TPSA) is 109 Å². The van der Waals surface area contributed by atoms with Crippen LogP contribution in [-0.4, -0.2) is 49.8 Å². The van der Waals surface area contributed by atoms with Crippen LogP contribution in [0, 0.1) is 0 Å². The van der Waals surface area contributed by atoms with Crippen LogP contribution in [0.2, 0.25) is 0 Å². The van der Waals surface area contributed by atoms with Gasteiger partial charge < -0.3 is 24.3 Å². The van der Waals surface area contributed by atoms with Crippen molar-refractivity contribution in [1.29, 1.82) is 0 Å². The molecular formula is C16H17N3O6. The van der Waals surface area contributed by atoms with Crippen LogP contribution >= 0.6 is 0 Å². The molecule has 1 amide bonds. The van der Waals surface area contributed by atoms with Crippen LogP contribution in [0.15, 0.2) is 30.7 Å². The molecule has 9 heteroatoms. The lowest BCUT2D eigenvalue weighted by atomic mass is 10.2. The molecule has 0 aliphatic carbocycles. The first kappa shape index (κ1) is 18.0. The molecule has 0 aliphatic heterocycles. The van der Waals surface area contributed by atoms with Crippen LogP contribution in [0.25, 0.3) is 0 Å². The molecule has 132 valence electrons. The number of methoxy groups -OCH3 is 3. The van der Waals surface area contributed by atoms with Gasteiger partial charge in [0.05, 0.1) is 27.5 Å². The Morgan fingerprint density at radius 2 is 1.72 bits per heavy atom. The Kier molecular flexibility index (Phi) is 6.10. The van der Waals surface area contributed by atoms with Gasteiger partial charge in [-0.05, 0) is 0 Å². The van der Waals surface area contributed by atoms with Crippen molar-refractivity contribution in [2.45, 2.75) is 0 Å². The van der Waals surface area contributed by atoms with Gasteiger partial charge in [-0.25, -0.2) is 9.78 Å². The number of carbonyl (C=O) groups excluding carboxylic acids is 2.